The Morgan fingerprint density at radius 3 is 3.11 bits per heavy atom. The first-order valence-electron chi connectivity index (χ1n) is 6.38. The fraction of sp³-hybridized carbons (Fsp3) is 0.583. The lowest BCUT2D eigenvalue weighted by Gasteiger charge is -2.20. The predicted octanol–water partition coefficient (Wildman–Crippen LogP) is 1.25. The average Bonchev–Trinajstić information content (AvgIpc) is 2.97. The van der Waals surface area contributed by atoms with Crippen molar-refractivity contribution in [3.63, 3.8) is 0 Å². The van der Waals surface area contributed by atoms with Gasteiger partial charge in [-0.05, 0) is 20.3 Å². The van der Waals surface area contributed by atoms with Crippen molar-refractivity contribution in [3.8, 4) is 0 Å². The molecule has 6 nitrogen and oxygen atoms in total. The van der Waals surface area contributed by atoms with E-state index >= 15 is 0 Å². The van der Waals surface area contributed by atoms with Crippen molar-refractivity contribution in [2.75, 3.05) is 18.4 Å². The maximum absolute atomic E-state index is 4.31. The van der Waals surface area contributed by atoms with Gasteiger partial charge in [0, 0.05) is 25.2 Å². The molecule has 0 saturated carbocycles. The first-order valence-corrected chi connectivity index (χ1v) is 6.38. The molecule has 1 unspecified atom stereocenters. The van der Waals surface area contributed by atoms with Gasteiger partial charge in [-0.2, -0.15) is 5.10 Å². The molecule has 2 aromatic heterocycles. The van der Waals surface area contributed by atoms with E-state index in [-0.39, 0.29) is 0 Å². The van der Waals surface area contributed by atoms with Crippen LogP contribution in [0.4, 0.5) is 5.82 Å². The van der Waals surface area contributed by atoms with Crippen LogP contribution in [0.1, 0.15) is 20.3 Å². The molecule has 3 heterocycles. The van der Waals surface area contributed by atoms with Crippen LogP contribution in [0.15, 0.2) is 12.5 Å². The minimum absolute atomic E-state index is 0.459. The second kappa shape index (κ2) is 4.53. The number of anilines is 1. The molecule has 1 saturated heterocycles. The molecule has 1 aliphatic rings. The van der Waals surface area contributed by atoms with E-state index in [1.54, 1.807) is 12.5 Å². The van der Waals surface area contributed by atoms with Gasteiger partial charge in [-0.25, -0.2) is 9.97 Å². The van der Waals surface area contributed by atoms with Crippen molar-refractivity contribution in [2.45, 2.75) is 32.4 Å². The van der Waals surface area contributed by atoms with Crippen molar-refractivity contribution < 1.29 is 0 Å². The Morgan fingerprint density at radius 2 is 2.33 bits per heavy atom. The fourth-order valence-corrected chi connectivity index (χ4v) is 2.45. The van der Waals surface area contributed by atoms with Crippen molar-refractivity contribution in [3.05, 3.63) is 12.5 Å². The number of aromatic nitrogens is 4. The Kier molecular flexibility index (Phi) is 2.87. The smallest absolute Gasteiger partial charge is 0.160 e. The van der Waals surface area contributed by atoms with Crippen LogP contribution in [0.5, 0.6) is 0 Å². The lowest BCUT2D eigenvalue weighted by atomic mass is 10.2. The van der Waals surface area contributed by atoms with Crippen molar-refractivity contribution in [2.24, 2.45) is 0 Å². The number of hydrogen-bond acceptors (Lipinski definition) is 5. The molecule has 2 N–H and O–H groups in total. The molecule has 1 aliphatic heterocycles. The zero-order valence-electron chi connectivity index (χ0n) is 10.7. The summed E-state index contributed by atoms with van der Waals surface area (Å²) in [7, 11) is 0. The Balaban J connectivity index is 1.75. The van der Waals surface area contributed by atoms with E-state index in [0.29, 0.717) is 12.1 Å². The summed E-state index contributed by atoms with van der Waals surface area (Å²) in [5.41, 5.74) is 0.784. The second-order valence-electron chi connectivity index (χ2n) is 5.07. The molecule has 0 aliphatic carbocycles. The van der Waals surface area contributed by atoms with Gasteiger partial charge in [0.15, 0.2) is 5.65 Å². The lowest BCUT2D eigenvalue weighted by Crippen LogP contribution is -2.31. The summed E-state index contributed by atoms with van der Waals surface area (Å²) in [4.78, 5) is 10.9. The largest absolute Gasteiger partial charge is 0.365 e. The number of nitrogens with one attached hydrogen (secondary N) is 2. The zero-order valence-corrected chi connectivity index (χ0v) is 10.7. The van der Waals surface area contributed by atoms with E-state index in [1.807, 2.05) is 0 Å². The number of H-pyrrole nitrogens is 1. The van der Waals surface area contributed by atoms with Crippen LogP contribution in [0.3, 0.4) is 0 Å². The molecule has 3 rings (SSSR count). The van der Waals surface area contributed by atoms with Gasteiger partial charge in [0.2, 0.25) is 0 Å². The SMILES string of the molecule is CC(C)N1CCC(Nc2ncnc3[nH]ncc23)C1. The van der Waals surface area contributed by atoms with Crippen LogP contribution in [0.2, 0.25) is 0 Å². The Morgan fingerprint density at radius 1 is 1.44 bits per heavy atom. The maximum atomic E-state index is 4.31. The molecule has 0 spiro atoms. The van der Waals surface area contributed by atoms with Crippen LogP contribution < -0.4 is 5.32 Å². The normalized spacial score (nSPS) is 20.9. The van der Waals surface area contributed by atoms with Crippen LogP contribution in [-0.4, -0.2) is 50.2 Å². The Hall–Kier alpha value is -1.69. The quantitative estimate of drug-likeness (QED) is 0.853. The lowest BCUT2D eigenvalue weighted by molar-refractivity contribution is 0.274. The molecular formula is C12H18N6. The Bertz CT molecular complexity index is 534. The minimum Gasteiger partial charge on any atom is -0.365 e. The van der Waals surface area contributed by atoms with Crippen LogP contribution in [0, 0.1) is 0 Å². The average molecular weight is 246 g/mol. The maximum Gasteiger partial charge on any atom is 0.160 e. The topological polar surface area (TPSA) is 69.7 Å². The summed E-state index contributed by atoms with van der Waals surface area (Å²) < 4.78 is 0. The van der Waals surface area contributed by atoms with E-state index in [4.69, 9.17) is 0 Å². The van der Waals surface area contributed by atoms with Crippen molar-refractivity contribution in [1.29, 1.82) is 0 Å². The number of likely N-dealkylation sites (tertiary alicyclic amines) is 1. The molecule has 0 radical (unpaired) electrons. The molecule has 1 atom stereocenters. The van der Waals surface area contributed by atoms with E-state index in [0.717, 1.165) is 36.4 Å². The molecular weight excluding hydrogens is 228 g/mol. The van der Waals surface area contributed by atoms with E-state index in [1.165, 1.54) is 0 Å². The predicted molar refractivity (Wildman–Crippen MR) is 70.4 cm³/mol. The van der Waals surface area contributed by atoms with Gasteiger partial charge in [0.25, 0.3) is 0 Å². The summed E-state index contributed by atoms with van der Waals surface area (Å²) in [5.74, 6) is 0.879. The molecule has 0 aromatic carbocycles. The van der Waals surface area contributed by atoms with Crippen molar-refractivity contribution >= 4 is 16.9 Å². The van der Waals surface area contributed by atoms with Crippen molar-refractivity contribution in [1.82, 2.24) is 25.1 Å². The van der Waals surface area contributed by atoms with E-state index < -0.39 is 0 Å². The highest BCUT2D eigenvalue weighted by atomic mass is 15.2. The highest BCUT2D eigenvalue weighted by Crippen LogP contribution is 2.21. The third-order valence-corrected chi connectivity index (χ3v) is 3.54. The summed E-state index contributed by atoms with van der Waals surface area (Å²) in [6, 6.07) is 1.07. The highest BCUT2D eigenvalue weighted by Gasteiger charge is 2.24. The third kappa shape index (κ3) is 2.03. The Labute approximate surface area is 106 Å². The first-order chi connectivity index (χ1) is 8.74. The van der Waals surface area contributed by atoms with Gasteiger partial charge in [0.05, 0.1) is 11.6 Å². The number of hydrogen-bond donors (Lipinski definition) is 2. The van der Waals surface area contributed by atoms with Crippen LogP contribution >= 0.6 is 0 Å². The van der Waals surface area contributed by atoms with Gasteiger partial charge in [-0.15, -0.1) is 0 Å². The second-order valence-corrected chi connectivity index (χ2v) is 5.07. The number of aromatic amines is 1. The summed E-state index contributed by atoms with van der Waals surface area (Å²) in [6.45, 7) is 6.69. The number of fused-ring (bicyclic) bond motifs is 1. The van der Waals surface area contributed by atoms with Gasteiger partial charge in [-0.1, -0.05) is 0 Å². The third-order valence-electron chi connectivity index (χ3n) is 3.54. The zero-order chi connectivity index (χ0) is 12.5. The fourth-order valence-electron chi connectivity index (χ4n) is 2.45. The first kappa shape index (κ1) is 11.4. The van der Waals surface area contributed by atoms with E-state index in [2.05, 4.69) is 44.2 Å². The van der Waals surface area contributed by atoms with E-state index in [9.17, 15) is 0 Å². The summed E-state index contributed by atoms with van der Waals surface area (Å²) in [6.07, 6.45) is 4.49. The number of nitrogens with zero attached hydrogens (tertiary/aromatic N) is 4. The highest BCUT2D eigenvalue weighted by molar-refractivity contribution is 5.85. The molecule has 0 bridgehead atoms. The van der Waals surface area contributed by atoms with Gasteiger partial charge >= 0.3 is 0 Å². The minimum atomic E-state index is 0.459. The molecule has 96 valence electrons. The van der Waals surface area contributed by atoms with Gasteiger partial charge in [-0.3, -0.25) is 10.00 Å². The molecule has 6 heteroatoms. The van der Waals surface area contributed by atoms with Crippen LogP contribution in [-0.2, 0) is 0 Å². The van der Waals surface area contributed by atoms with Gasteiger partial charge in [0.1, 0.15) is 12.1 Å². The van der Waals surface area contributed by atoms with Gasteiger partial charge < -0.3 is 5.32 Å². The summed E-state index contributed by atoms with van der Waals surface area (Å²) >= 11 is 0. The molecule has 18 heavy (non-hydrogen) atoms. The molecule has 0 amide bonds. The number of rotatable bonds is 3. The monoisotopic (exact) mass is 246 g/mol. The summed E-state index contributed by atoms with van der Waals surface area (Å²) in [5, 5.41) is 11.3. The van der Waals surface area contributed by atoms with Crippen LogP contribution in [0.25, 0.3) is 11.0 Å². The molecule has 1 fully saturated rings. The molecule has 2 aromatic rings. The standard InChI is InChI=1S/C12H18N6/c1-8(2)18-4-3-9(6-18)16-11-10-5-15-17-12(10)14-7-13-11/h5,7-9H,3-4,6H2,1-2H3,(H2,13,14,15,16,17).